The fraction of sp³-hybridized carbons (Fsp3) is 0.222. The Morgan fingerprint density at radius 1 is 1.26 bits per heavy atom. The van der Waals surface area contributed by atoms with Gasteiger partial charge in [0.25, 0.3) is 5.91 Å². The predicted octanol–water partition coefficient (Wildman–Crippen LogP) is 1.47. The van der Waals surface area contributed by atoms with E-state index in [1.54, 1.807) is 24.3 Å². The third-order valence-electron chi connectivity index (χ3n) is 4.16. The molecule has 0 bridgehead atoms. The summed E-state index contributed by atoms with van der Waals surface area (Å²) in [4.78, 5) is 49.5. The summed E-state index contributed by atoms with van der Waals surface area (Å²) in [6, 6.07) is 8.59. The summed E-state index contributed by atoms with van der Waals surface area (Å²) in [6.45, 7) is 1.02. The van der Waals surface area contributed by atoms with Crippen LogP contribution >= 0.6 is 0 Å². The number of carbonyl (C=O) groups excluding carboxylic acids is 4. The summed E-state index contributed by atoms with van der Waals surface area (Å²) in [5, 5.41) is 5.08. The molecule has 0 spiro atoms. The lowest BCUT2D eigenvalue weighted by Crippen LogP contribution is -2.41. The molecule has 2 aromatic rings. The molecule has 1 aromatic heterocycles. The molecular formula is C18H17N3O6. The highest BCUT2D eigenvalue weighted by Crippen LogP contribution is 2.28. The molecule has 0 unspecified atom stereocenters. The van der Waals surface area contributed by atoms with Crippen LogP contribution in [0.1, 0.15) is 23.0 Å². The minimum atomic E-state index is -1.37. The molecule has 9 heteroatoms. The Labute approximate surface area is 154 Å². The Hall–Kier alpha value is -3.62. The maximum Gasteiger partial charge on any atom is 0.337 e. The average Bonchev–Trinajstić information content (AvgIpc) is 3.26. The van der Waals surface area contributed by atoms with Gasteiger partial charge in [-0.15, -0.1) is 0 Å². The Balaban J connectivity index is 1.70. The smallest absolute Gasteiger partial charge is 0.337 e. The number of nitrogens with one attached hydrogen (secondary N) is 2. The fourth-order valence-corrected chi connectivity index (χ4v) is 2.76. The summed E-state index contributed by atoms with van der Waals surface area (Å²) < 4.78 is 9.85. The van der Waals surface area contributed by atoms with Crippen molar-refractivity contribution in [1.29, 1.82) is 0 Å². The van der Waals surface area contributed by atoms with E-state index < -0.39 is 35.9 Å². The van der Waals surface area contributed by atoms with E-state index in [2.05, 4.69) is 15.4 Å². The van der Waals surface area contributed by atoms with Crippen LogP contribution in [-0.4, -0.2) is 42.4 Å². The van der Waals surface area contributed by atoms with Crippen LogP contribution in [0.2, 0.25) is 0 Å². The number of nitrogens with zero attached hydrogens (tertiary/aromatic N) is 1. The highest BCUT2D eigenvalue weighted by molar-refractivity contribution is 6.10. The van der Waals surface area contributed by atoms with Gasteiger partial charge in [0, 0.05) is 5.69 Å². The highest BCUT2D eigenvalue weighted by Gasteiger charge is 2.51. The summed E-state index contributed by atoms with van der Waals surface area (Å²) in [5.74, 6) is -1.46. The van der Waals surface area contributed by atoms with Crippen LogP contribution in [0.25, 0.3) is 0 Å². The summed E-state index contributed by atoms with van der Waals surface area (Å²) in [5.41, 5.74) is -0.773. The standard InChI is InChI=1S/C18H17N3O6/c1-18(13-7-4-8-27-13)16(24)21(17(25)20-18)10-14(22)19-12-6-3-5-11(9-12)15(23)26-2/h3-9H,10H2,1-2H3,(H,19,22)(H,20,25)/t18-/m1/s1. The van der Waals surface area contributed by atoms with E-state index in [0.717, 1.165) is 4.90 Å². The largest absolute Gasteiger partial charge is 0.466 e. The molecule has 0 radical (unpaired) electrons. The number of carbonyl (C=O) groups is 4. The average molecular weight is 371 g/mol. The zero-order chi connectivity index (χ0) is 19.6. The van der Waals surface area contributed by atoms with Gasteiger partial charge < -0.3 is 19.8 Å². The lowest BCUT2D eigenvalue weighted by Gasteiger charge is -2.18. The Kier molecular flexibility index (Phi) is 4.68. The van der Waals surface area contributed by atoms with Crippen LogP contribution in [0, 0.1) is 0 Å². The van der Waals surface area contributed by atoms with Crippen LogP contribution in [0.15, 0.2) is 47.1 Å². The lowest BCUT2D eigenvalue weighted by atomic mass is 9.99. The van der Waals surface area contributed by atoms with Crippen molar-refractivity contribution < 1.29 is 28.3 Å². The molecule has 2 N–H and O–H groups in total. The molecule has 1 fully saturated rings. The van der Waals surface area contributed by atoms with E-state index in [0.29, 0.717) is 5.69 Å². The molecule has 1 aromatic carbocycles. The lowest BCUT2D eigenvalue weighted by molar-refractivity contribution is -0.134. The number of methoxy groups -OCH3 is 1. The van der Waals surface area contributed by atoms with Crippen LogP contribution in [0.5, 0.6) is 0 Å². The SMILES string of the molecule is COC(=O)c1cccc(NC(=O)CN2C(=O)N[C@](C)(c3ccco3)C2=O)c1. The number of benzene rings is 1. The van der Waals surface area contributed by atoms with E-state index in [9.17, 15) is 19.2 Å². The van der Waals surface area contributed by atoms with Crippen molar-refractivity contribution in [2.24, 2.45) is 0 Å². The molecule has 1 aliphatic heterocycles. The topological polar surface area (TPSA) is 118 Å². The van der Waals surface area contributed by atoms with Gasteiger partial charge in [0.05, 0.1) is 18.9 Å². The molecule has 4 amide bonds. The van der Waals surface area contributed by atoms with Crippen molar-refractivity contribution in [1.82, 2.24) is 10.2 Å². The van der Waals surface area contributed by atoms with Crippen LogP contribution in [-0.2, 0) is 19.9 Å². The molecule has 140 valence electrons. The first kappa shape index (κ1) is 18.2. The van der Waals surface area contributed by atoms with Crippen molar-refractivity contribution in [3.8, 4) is 0 Å². The van der Waals surface area contributed by atoms with Crippen molar-refractivity contribution in [2.75, 3.05) is 19.0 Å². The number of imide groups is 1. The normalized spacial score (nSPS) is 19.0. The number of hydrogen-bond donors (Lipinski definition) is 2. The second kappa shape index (κ2) is 6.94. The number of urea groups is 1. The van der Waals surface area contributed by atoms with Gasteiger partial charge in [-0.3, -0.25) is 14.5 Å². The number of anilines is 1. The summed E-state index contributed by atoms with van der Waals surface area (Å²) >= 11 is 0. The third kappa shape index (κ3) is 3.39. The molecule has 1 atom stereocenters. The third-order valence-corrected chi connectivity index (χ3v) is 4.16. The molecule has 9 nitrogen and oxygen atoms in total. The Bertz CT molecular complexity index is 908. The van der Waals surface area contributed by atoms with Crippen LogP contribution in [0.4, 0.5) is 10.5 Å². The molecule has 1 saturated heterocycles. The highest BCUT2D eigenvalue weighted by atomic mass is 16.5. The molecule has 2 heterocycles. The zero-order valence-corrected chi connectivity index (χ0v) is 14.6. The van der Waals surface area contributed by atoms with Gasteiger partial charge in [-0.25, -0.2) is 9.59 Å². The van der Waals surface area contributed by atoms with Crippen molar-refractivity contribution in [3.05, 3.63) is 54.0 Å². The minimum absolute atomic E-state index is 0.260. The first-order valence-electron chi connectivity index (χ1n) is 8.01. The number of ether oxygens (including phenoxy) is 1. The molecule has 3 rings (SSSR count). The maximum atomic E-state index is 12.6. The van der Waals surface area contributed by atoms with Crippen LogP contribution in [0.3, 0.4) is 0 Å². The molecule has 27 heavy (non-hydrogen) atoms. The molecule has 0 aliphatic carbocycles. The number of furan rings is 1. The second-order valence-electron chi connectivity index (χ2n) is 6.04. The van der Waals surface area contributed by atoms with Gasteiger partial charge in [0.1, 0.15) is 12.3 Å². The van der Waals surface area contributed by atoms with Crippen molar-refractivity contribution in [3.63, 3.8) is 0 Å². The quantitative estimate of drug-likeness (QED) is 0.607. The molecule has 0 saturated carbocycles. The van der Waals surface area contributed by atoms with Crippen LogP contribution < -0.4 is 10.6 Å². The van der Waals surface area contributed by atoms with Crippen molar-refractivity contribution >= 4 is 29.5 Å². The molecule has 1 aliphatic rings. The minimum Gasteiger partial charge on any atom is -0.466 e. The van der Waals surface area contributed by atoms with E-state index in [-0.39, 0.29) is 11.3 Å². The van der Waals surface area contributed by atoms with E-state index >= 15 is 0 Å². The Morgan fingerprint density at radius 3 is 2.70 bits per heavy atom. The van der Waals surface area contributed by atoms with Gasteiger partial charge >= 0.3 is 12.0 Å². The van der Waals surface area contributed by atoms with Gasteiger partial charge in [-0.1, -0.05) is 6.07 Å². The number of esters is 1. The van der Waals surface area contributed by atoms with Gasteiger partial charge in [0.2, 0.25) is 5.91 Å². The zero-order valence-electron chi connectivity index (χ0n) is 14.6. The van der Waals surface area contributed by atoms with Gasteiger partial charge in [-0.2, -0.15) is 0 Å². The fourth-order valence-electron chi connectivity index (χ4n) is 2.76. The molecular weight excluding hydrogens is 354 g/mol. The summed E-state index contributed by atoms with van der Waals surface area (Å²) in [7, 11) is 1.25. The van der Waals surface area contributed by atoms with E-state index in [4.69, 9.17) is 4.42 Å². The number of rotatable bonds is 5. The number of amides is 4. The van der Waals surface area contributed by atoms with E-state index in [1.165, 1.54) is 32.4 Å². The summed E-state index contributed by atoms with van der Waals surface area (Å²) in [6.07, 6.45) is 1.39. The first-order chi connectivity index (χ1) is 12.8. The van der Waals surface area contributed by atoms with Crippen molar-refractivity contribution in [2.45, 2.75) is 12.5 Å². The maximum absolute atomic E-state index is 12.6. The monoisotopic (exact) mass is 371 g/mol. The number of hydrogen-bond acceptors (Lipinski definition) is 6. The van der Waals surface area contributed by atoms with E-state index in [1.807, 2.05) is 0 Å². The first-order valence-corrected chi connectivity index (χ1v) is 8.01. The predicted molar refractivity (Wildman–Crippen MR) is 92.7 cm³/mol. The van der Waals surface area contributed by atoms with Gasteiger partial charge in [-0.05, 0) is 37.3 Å². The van der Waals surface area contributed by atoms with Gasteiger partial charge in [0.15, 0.2) is 5.54 Å². The Morgan fingerprint density at radius 2 is 2.04 bits per heavy atom. The second-order valence-corrected chi connectivity index (χ2v) is 6.04.